The van der Waals surface area contributed by atoms with Crippen LogP contribution in [0.3, 0.4) is 0 Å². The normalized spacial score (nSPS) is 8.48. The molecule has 2 rings (SSSR count). The van der Waals surface area contributed by atoms with Crippen LogP contribution in [0.4, 0.5) is 10.5 Å². The topological polar surface area (TPSA) is 133 Å². The van der Waals surface area contributed by atoms with Gasteiger partial charge in [-0.05, 0) is 23.9 Å². The Morgan fingerprint density at radius 2 is 1.64 bits per heavy atom. The van der Waals surface area contributed by atoms with E-state index >= 15 is 0 Å². The molecule has 25 heavy (non-hydrogen) atoms. The van der Waals surface area contributed by atoms with E-state index in [1.165, 1.54) is 18.2 Å². The van der Waals surface area contributed by atoms with Gasteiger partial charge in [-0.2, -0.15) is 0 Å². The van der Waals surface area contributed by atoms with Gasteiger partial charge in [0.2, 0.25) is 0 Å². The van der Waals surface area contributed by atoms with Gasteiger partial charge in [0.1, 0.15) is 12.9 Å². The van der Waals surface area contributed by atoms with Crippen LogP contribution in [0.1, 0.15) is 15.9 Å². The molecule has 2 aromatic carbocycles. The molecule has 120 valence electrons. The van der Waals surface area contributed by atoms with Crippen molar-refractivity contribution >= 4 is 18.1 Å². The quantitative estimate of drug-likeness (QED) is 0.213. The molecule has 0 radical (unpaired) electrons. The van der Waals surface area contributed by atoms with E-state index in [0.717, 1.165) is 5.56 Å². The van der Waals surface area contributed by atoms with Crippen LogP contribution in [-0.2, 0) is 6.61 Å². The monoisotopic (exact) mass is 395 g/mol. The van der Waals surface area contributed by atoms with E-state index in [4.69, 9.17) is 19.7 Å². The maximum absolute atomic E-state index is 10.9. The molecule has 0 heterocycles. The zero-order valence-electron chi connectivity index (χ0n) is 13.7. The Bertz CT molecular complexity index is 692. The predicted octanol–water partition coefficient (Wildman–Crippen LogP) is -5.45. The van der Waals surface area contributed by atoms with Gasteiger partial charge in [0, 0.05) is 11.6 Å². The molecule has 0 aliphatic carbocycles. The molecule has 0 saturated carbocycles. The Hall–Kier alpha value is -0.147. The van der Waals surface area contributed by atoms with Crippen LogP contribution in [-0.4, -0.2) is 17.4 Å². The van der Waals surface area contributed by atoms with Crippen LogP contribution in [0.25, 0.3) is 0 Å². The van der Waals surface area contributed by atoms with Crippen molar-refractivity contribution < 1.29 is 132 Å². The summed E-state index contributed by atoms with van der Waals surface area (Å²) in [5.74, 6) is 0.152. The van der Waals surface area contributed by atoms with Crippen LogP contribution in [0.2, 0.25) is 0 Å². The number of carboxylic acid groups (broad SMARTS) is 2. The predicted molar refractivity (Wildman–Crippen MR) is 74.7 cm³/mol. The minimum absolute atomic E-state index is 0. The number of benzene rings is 2. The number of nitro benzene ring substituents is 1. The second-order valence-electron chi connectivity index (χ2n) is 4.13. The average Bonchev–Trinajstić information content (AvgIpc) is 2.53. The molecule has 8 nitrogen and oxygen atoms in total. The van der Waals surface area contributed by atoms with Gasteiger partial charge >= 0.3 is 108 Å². The molecule has 0 aliphatic rings. The smallest absolute Gasteiger partial charge is 0.652 e. The Morgan fingerprint density at radius 1 is 1.08 bits per heavy atom. The second-order valence-corrected chi connectivity index (χ2v) is 4.13. The fraction of sp³-hybridized carbons (Fsp3) is 0.0667. The van der Waals surface area contributed by atoms with Gasteiger partial charge in [-0.3, -0.25) is 14.9 Å². The summed E-state index contributed by atoms with van der Waals surface area (Å²) in [4.78, 5) is 29.3. The van der Waals surface area contributed by atoms with Crippen LogP contribution >= 0.6 is 0 Å². The van der Waals surface area contributed by atoms with Crippen LogP contribution in [0.15, 0.2) is 48.5 Å². The molecule has 0 fully saturated rings. The van der Waals surface area contributed by atoms with E-state index in [0.29, 0.717) is 6.29 Å². The van der Waals surface area contributed by atoms with Crippen molar-refractivity contribution in [1.82, 2.24) is 0 Å². The molecule has 10 heteroatoms. The first kappa shape index (κ1) is 27.1. The summed E-state index contributed by atoms with van der Waals surface area (Å²) in [6, 6.07) is 13.5. The van der Waals surface area contributed by atoms with Crippen molar-refractivity contribution in [3.05, 3.63) is 69.8 Å². The Balaban J connectivity index is 0. The van der Waals surface area contributed by atoms with Gasteiger partial charge in [-0.1, -0.05) is 30.3 Å². The number of hydrogen-bond acceptors (Lipinski definition) is 7. The molecule has 0 saturated heterocycles. The van der Waals surface area contributed by atoms with Crippen molar-refractivity contribution in [1.29, 1.82) is 0 Å². The third-order valence-electron chi connectivity index (χ3n) is 2.55. The van der Waals surface area contributed by atoms with Gasteiger partial charge in [-0.15, -0.1) is 0 Å². The van der Waals surface area contributed by atoms with Crippen molar-refractivity contribution in [2.24, 2.45) is 0 Å². The fourth-order valence-electron chi connectivity index (χ4n) is 1.61. The summed E-state index contributed by atoms with van der Waals surface area (Å²) in [6.07, 6.45) is -1.77. The number of aldehydes is 1. The number of ether oxygens (including phenoxy) is 1. The molecule has 0 amide bonds. The molecule has 0 bridgehead atoms. The Labute approximate surface area is 228 Å². The van der Waals surface area contributed by atoms with Gasteiger partial charge < -0.3 is 19.7 Å². The zero-order chi connectivity index (χ0) is 17.2. The van der Waals surface area contributed by atoms with Crippen molar-refractivity contribution in [2.75, 3.05) is 0 Å². The number of hydrogen-bond donors (Lipinski definition) is 0. The van der Waals surface area contributed by atoms with E-state index in [1.807, 2.05) is 30.3 Å². The average molecular weight is 395 g/mol. The maximum atomic E-state index is 10.9. The number of nitrogens with zero attached hydrogens (tertiary/aromatic N) is 1. The molecule has 0 aliphatic heterocycles. The third kappa shape index (κ3) is 11.2. The van der Waals surface area contributed by atoms with Crippen molar-refractivity contribution in [3.63, 3.8) is 0 Å². The summed E-state index contributed by atoms with van der Waals surface area (Å²) in [6.45, 7) is 0.238. The van der Waals surface area contributed by atoms with Gasteiger partial charge in [0.05, 0.1) is 4.92 Å². The molecular formula is C15H11K2NO7. The SMILES string of the molecule is O=C([O-])[O-].O=Cc1ccc(OCc2ccccc2)c([N+](=O)[O-])c1.[K+].[K+]. The standard InChI is InChI=1S/C14H11NO4.CH2O3.2K/c16-9-12-6-7-14(13(8-12)15(17)18)19-10-11-4-2-1-3-5-11;2-1(3)4;;/h1-9H,10H2;(H2,2,3,4);;/q;;2*+1/p-2. The number of carbonyl (C=O) groups is 2. The van der Waals surface area contributed by atoms with E-state index < -0.39 is 11.1 Å². The summed E-state index contributed by atoms with van der Waals surface area (Å²) in [5.41, 5.74) is 0.954. The molecule has 0 aromatic heterocycles. The third-order valence-corrected chi connectivity index (χ3v) is 2.55. The molecule has 0 unspecified atom stereocenters. The second kappa shape index (κ2) is 15.0. The molecule has 2 aromatic rings. The molecule has 0 spiro atoms. The summed E-state index contributed by atoms with van der Waals surface area (Å²) in [7, 11) is 0. The summed E-state index contributed by atoms with van der Waals surface area (Å²) in [5, 5.41) is 27.6. The molecular weight excluding hydrogens is 384 g/mol. The van der Waals surface area contributed by atoms with E-state index in [2.05, 4.69) is 0 Å². The largest absolute Gasteiger partial charge is 1.00 e. The Kier molecular flexibility index (Phi) is 16.2. The minimum atomic E-state index is -2.33. The number of rotatable bonds is 5. The molecule has 0 atom stereocenters. The first-order valence-corrected chi connectivity index (χ1v) is 6.22. The molecule has 0 N–H and O–H groups in total. The van der Waals surface area contributed by atoms with Crippen molar-refractivity contribution in [3.8, 4) is 5.75 Å². The van der Waals surface area contributed by atoms with Crippen LogP contribution < -0.4 is 118 Å². The van der Waals surface area contributed by atoms with Gasteiger partial charge in [0.25, 0.3) is 0 Å². The first-order valence-electron chi connectivity index (χ1n) is 6.22. The zero-order valence-corrected chi connectivity index (χ0v) is 20.0. The van der Waals surface area contributed by atoms with Crippen LogP contribution in [0, 0.1) is 10.1 Å². The Morgan fingerprint density at radius 3 is 2.12 bits per heavy atom. The van der Waals surface area contributed by atoms with E-state index in [-0.39, 0.29) is 126 Å². The fourth-order valence-corrected chi connectivity index (χ4v) is 1.61. The maximum Gasteiger partial charge on any atom is 1.00 e. The van der Waals surface area contributed by atoms with Gasteiger partial charge in [-0.25, -0.2) is 0 Å². The first-order chi connectivity index (χ1) is 10.9. The van der Waals surface area contributed by atoms with Gasteiger partial charge in [0.15, 0.2) is 5.75 Å². The van der Waals surface area contributed by atoms with Crippen LogP contribution in [0.5, 0.6) is 5.75 Å². The van der Waals surface area contributed by atoms with Crippen molar-refractivity contribution in [2.45, 2.75) is 6.61 Å². The minimum Gasteiger partial charge on any atom is -0.652 e. The number of nitro groups is 1. The number of carbonyl (C=O) groups excluding carboxylic acids is 2. The van der Waals surface area contributed by atoms with E-state index in [9.17, 15) is 14.9 Å². The summed E-state index contributed by atoms with van der Waals surface area (Å²) >= 11 is 0. The van der Waals surface area contributed by atoms with E-state index in [1.54, 1.807) is 0 Å². The summed E-state index contributed by atoms with van der Waals surface area (Å²) < 4.78 is 5.43.